The van der Waals surface area contributed by atoms with E-state index >= 15 is 0 Å². The van der Waals surface area contributed by atoms with E-state index < -0.39 is 0 Å². The van der Waals surface area contributed by atoms with Crippen LogP contribution in [0.15, 0.2) is 12.3 Å². The number of aryl methyl sites for hydroxylation is 1. The summed E-state index contributed by atoms with van der Waals surface area (Å²) in [4.78, 5) is 14.5. The summed E-state index contributed by atoms with van der Waals surface area (Å²) >= 11 is 0. The highest BCUT2D eigenvalue weighted by atomic mass is 16.1. The number of carbonyl (C=O) groups is 1. The lowest BCUT2D eigenvalue weighted by atomic mass is 10.1. The SMILES string of the molecule is Cc1nn(CC2CC2)c(C)c1CC(=O)Nc1ccn(CCN(C)C)n1. The lowest BCUT2D eigenvalue weighted by Gasteiger charge is -2.08. The lowest BCUT2D eigenvalue weighted by molar-refractivity contribution is -0.115. The Bertz CT molecular complexity index is 741. The van der Waals surface area contributed by atoms with Crippen molar-refractivity contribution in [1.82, 2.24) is 24.5 Å². The molecule has 7 heteroatoms. The van der Waals surface area contributed by atoms with E-state index in [2.05, 4.69) is 32.0 Å². The van der Waals surface area contributed by atoms with Crippen molar-refractivity contribution < 1.29 is 4.79 Å². The van der Waals surface area contributed by atoms with E-state index in [0.717, 1.165) is 42.5 Å². The summed E-state index contributed by atoms with van der Waals surface area (Å²) in [5, 5.41) is 11.9. The lowest BCUT2D eigenvalue weighted by Crippen LogP contribution is -2.19. The number of rotatable bonds is 8. The number of likely N-dealkylation sites (N-methyl/N-ethyl adjacent to an activating group) is 1. The quantitative estimate of drug-likeness (QED) is 0.793. The summed E-state index contributed by atoms with van der Waals surface area (Å²) in [6.07, 6.45) is 4.82. The van der Waals surface area contributed by atoms with Gasteiger partial charge in [0.05, 0.1) is 18.7 Å². The van der Waals surface area contributed by atoms with E-state index in [1.165, 1.54) is 12.8 Å². The number of anilines is 1. The van der Waals surface area contributed by atoms with Gasteiger partial charge in [-0.2, -0.15) is 10.2 Å². The van der Waals surface area contributed by atoms with Gasteiger partial charge >= 0.3 is 0 Å². The maximum atomic E-state index is 12.4. The minimum Gasteiger partial charge on any atom is -0.309 e. The van der Waals surface area contributed by atoms with Crippen molar-refractivity contribution in [2.45, 2.75) is 46.2 Å². The van der Waals surface area contributed by atoms with Crippen LogP contribution in [0.25, 0.3) is 0 Å². The average molecular weight is 344 g/mol. The molecule has 1 amide bonds. The predicted octanol–water partition coefficient (Wildman–Crippen LogP) is 1.85. The van der Waals surface area contributed by atoms with Gasteiger partial charge in [-0.1, -0.05) is 0 Å². The summed E-state index contributed by atoms with van der Waals surface area (Å²) < 4.78 is 3.91. The molecule has 1 aliphatic carbocycles. The molecule has 7 nitrogen and oxygen atoms in total. The van der Waals surface area contributed by atoms with Crippen LogP contribution in [-0.2, 0) is 24.3 Å². The van der Waals surface area contributed by atoms with E-state index in [9.17, 15) is 4.79 Å². The number of hydrogen-bond acceptors (Lipinski definition) is 4. The molecular formula is C18H28N6O. The first-order chi connectivity index (χ1) is 11.9. The van der Waals surface area contributed by atoms with Crippen molar-refractivity contribution in [3.63, 3.8) is 0 Å². The third-order valence-electron chi connectivity index (χ3n) is 4.68. The monoisotopic (exact) mass is 344 g/mol. The zero-order valence-corrected chi connectivity index (χ0v) is 15.6. The standard InChI is InChI=1S/C18H28N6O/c1-13-16(14(2)24(20-13)12-15-5-6-15)11-18(25)19-17-7-8-23(21-17)10-9-22(3)4/h7-8,15H,5-6,9-12H2,1-4H3,(H,19,21,25). The van der Waals surface area contributed by atoms with Gasteiger partial charge in [0, 0.05) is 36.6 Å². The van der Waals surface area contributed by atoms with Gasteiger partial charge in [-0.3, -0.25) is 14.2 Å². The fraction of sp³-hybridized carbons (Fsp3) is 0.611. The minimum atomic E-state index is -0.0463. The first-order valence-electron chi connectivity index (χ1n) is 8.93. The van der Waals surface area contributed by atoms with E-state index in [4.69, 9.17) is 0 Å². The van der Waals surface area contributed by atoms with Crippen molar-refractivity contribution in [1.29, 1.82) is 0 Å². The van der Waals surface area contributed by atoms with Crippen LogP contribution in [0.2, 0.25) is 0 Å². The fourth-order valence-corrected chi connectivity index (χ4v) is 2.92. The first kappa shape index (κ1) is 17.7. The van der Waals surface area contributed by atoms with Gasteiger partial charge in [0.15, 0.2) is 5.82 Å². The van der Waals surface area contributed by atoms with Crippen LogP contribution in [0.5, 0.6) is 0 Å². The van der Waals surface area contributed by atoms with Crippen LogP contribution in [0, 0.1) is 19.8 Å². The number of carbonyl (C=O) groups excluding carboxylic acids is 1. The Hall–Kier alpha value is -2.15. The van der Waals surface area contributed by atoms with Crippen molar-refractivity contribution in [3.8, 4) is 0 Å². The van der Waals surface area contributed by atoms with Crippen molar-refractivity contribution in [2.24, 2.45) is 5.92 Å². The molecule has 0 bridgehead atoms. The molecule has 2 aromatic rings. The molecular weight excluding hydrogens is 316 g/mol. The van der Waals surface area contributed by atoms with Crippen molar-refractivity contribution >= 4 is 11.7 Å². The highest BCUT2D eigenvalue weighted by Crippen LogP contribution is 2.31. The Morgan fingerprint density at radius 1 is 1.32 bits per heavy atom. The molecule has 3 rings (SSSR count). The van der Waals surface area contributed by atoms with Crippen LogP contribution in [0.3, 0.4) is 0 Å². The molecule has 1 aliphatic rings. The van der Waals surface area contributed by atoms with Crippen LogP contribution >= 0.6 is 0 Å². The fourth-order valence-electron chi connectivity index (χ4n) is 2.92. The molecule has 0 atom stereocenters. The molecule has 1 fully saturated rings. The third-order valence-corrected chi connectivity index (χ3v) is 4.68. The van der Waals surface area contributed by atoms with Crippen LogP contribution in [0.1, 0.15) is 29.8 Å². The second-order valence-electron chi connectivity index (χ2n) is 7.27. The summed E-state index contributed by atoms with van der Waals surface area (Å²) in [5.74, 6) is 1.32. The second kappa shape index (κ2) is 7.39. The summed E-state index contributed by atoms with van der Waals surface area (Å²) in [5.41, 5.74) is 3.09. The number of aromatic nitrogens is 4. The maximum Gasteiger partial charge on any atom is 0.230 e. The highest BCUT2D eigenvalue weighted by molar-refractivity contribution is 5.91. The summed E-state index contributed by atoms with van der Waals surface area (Å²) in [6.45, 7) is 6.73. The van der Waals surface area contributed by atoms with E-state index in [1.807, 2.05) is 38.0 Å². The van der Waals surface area contributed by atoms with Gasteiger partial charge in [0.25, 0.3) is 0 Å². The number of amides is 1. The second-order valence-corrected chi connectivity index (χ2v) is 7.27. The van der Waals surface area contributed by atoms with Gasteiger partial charge in [0.1, 0.15) is 0 Å². The van der Waals surface area contributed by atoms with Gasteiger partial charge in [0.2, 0.25) is 5.91 Å². The Labute approximate surface area is 149 Å². The normalized spacial score (nSPS) is 14.3. The number of hydrogen-bond donors (Lipinski definition) is 1. The molecule has 136 valence electrons. The van der Waals surface area contributed by atoms with E-state index in [-0.39, 0.29) is 5.91 Å². The third kappa shape index (κ3) is 4.69. The van der Waals surface area contributed by atoms with Crippen molar-refractivity contribution in [2.75, 3.05) is 26.0 Å². The Morgan fingerprint density at radius 2 is 2.08 bits per heavy atom. The Morgan fingerprint density at radius 3 is 2.76 bits per heavy atom. The Balaban J connectivity index is 1.58. The van der Waals surface area contributed by atoms with Crippen LogP contribution in [-0.4, -0.2) is 51.0 Å². The molecule has 0 unspecified atom stereocenters. The van der Waals surface area contributed by atoms with Crippen molar-refractivity contribution in [3.05, 3.63) is 29.2 Å². The Kier molecular flexibility index (Phi) is 5.22. The van der Waals surface area contributed by atoms with Gasteiger partial charge in [-0.25, -0.2) is 0 Å². The zero-order chi connectivity index (χ0) is 18.0. The van der Waals surface area contributed by atoms with Gasteiger partial charge in [-0.15, -0.1) is 0 Å². The largest absolute Gasteiger partial charge is 0.309 e. The summed E-state index contributed by atoms with van der Waals surface area (Å²) in [6, 6.07) is 1.84. The average Bonchev–Trinajstić information content (AvgIpc) is 3.20. The van der Waals surface area contributed by atoms with Crippen LogP contribution < -0.4 is 5.32 Å². The molecule has 0 radical (unpaired) electrons. The predicted molar refractivity (Wildman–Crippen MR) is 97.5 cm³/mol. The summed E-state index contributed by atoms with van der Waals surface area (Å²) in [7, 11) is 4.06. The zero-order valence-electron chi connectivity index (χ0n) is 15.6. The minimum absolute atomic E-state index is 0.0463. The smallest absolute Gasteiger partial charge is 0.230 e. The molecule has 0 spiro atoms. The highest BCUT2D eigenvalue weighted by Gasteiger charge is 2.24. The maximum absolute atomic E-state index is 12.4. The molecule has 1 N–H and O–H groups in total. The number of nitrogens with zero attached hydrogens (tertiary/aromatic N) is 5. The molecule has 2 heterocycles. The molecule has 2 aromatic heterocycles. The molecule has 25 heavy (non-hydrogen) atoms. The molecule has 0 saturated heterocycles. The van der Waals surface area contributed by atoms with E-state index in [1.54, 1.807) is 0 Å². The number of nitrogens with one attached hydrogen (secondary N) is 1. The van der Waals surface area contributed by atoms with Gasteiger partial charge in [-0.05, 0) is 46.7 Å². The topological polar surface area (TPSA) is 68.0 Å². The molecule has 0 aliphatic heterocycles. The molecule has 1 saturated carbocycles. The molecule has 0 aromatic carbocycles. The van der Waals surface area contributed by atoms with Gasteiger partial charge < -0.3 is 10.2 Å². The first-order valence-corrected chi connectivity index (χ1v) is 8.93. The van der Waals surface area contributed by atoms with E-state index in [0.29, 0.717) is 12.2 Å². The van der Waals surface area contributed by atoms with Crippen LogP contribution in [0.4, 0.5) is 5.82 Å².